The predicted molar refractivity (Wildman–Crippen MR) is 95.5 cm³/mol. The maximum Gasteiger partial charge on any atom is 0.288 e. The molecule has 3 rings (SSSR count). The van der Waals surface area contributed by atoms with Gasteiger partial charge in [0, 0.05) is 24.2 Å². The molecule has 8 nitrogen and oxygen atoms in total. The number of hydrogen-bond acceptors (Lipinski definition) is 6. The number of nitrogens with zero attached hydrogens (tertiary/aromatic N) is 3. The van der Waals surface area contributed by atoms with Gasteiger partial charge in [-0.05, 0) is 24.3 Å². The summed E-state index contributed by atoms with van der Waals surface area (Å²) in [6, 6.07) is 8.89. The fourth-order valence-corrected chi connectivity index (χ4v) is 2.73. The van der Waals surface area contributed by atoms with Crippen LogP contribution in [0.15, 0.2) is 40.8 Å². The fraction of sp³-hybridized carbons (Fsp3) is 0.0625. The molecule has 10 heteroatoms. The molecule has 1 N–H and O–H groups in total. The van der Waals surface area contributed by atoms with E-state index in [-0.39, 0.29) is 15.6 Å². The van der Waals surface area contributed by atoms with Crippen LogP contribution in [0.3, 0.4) is 0 Å². The summed E-state index contributed by atoms with van der Waals surface area (Å²) in [6.07, 6.45) is 0. The molecule has 0 aliphatic carbocycles. The first-order valence-electron chi connectivity index (χ1n) is 7.20. The van der Waals surface area contributed by atoms with Crippen LogP contribution < -0.4 is 5.32 Å². The lowest BCUT2D eigenvalue weighted by Crippen LogP contribution is -2.13. The van der Waals surface area contributed by atoms with Gasteiger partial charge in [0.15, 0.2) is 0 Å². The molecule has 2 aromatic carbocycles. The summed E-state index contributed by atoms with van der Waals surface area (Å²) in [5.74, 6) is 0.0992. The van der Waals surface area contributed by atoms with Crippen LogP contribution >= 0.6 is 23.2 Å². The Kier molecular flexibility index (Phi) is 4.88. The zero-order valence-electron chi connectivity index (χ0n) is 13.2. The molecular weight excluding hydrogens is 383 g/mol. The number of nitro benzene ring substituents is 1. The van der Waals surface area contributed by atoms with Crippen molar-refractivity contribution in [2.45, 2.75) is 6.92 Å². The maximum atomic E-state index is 12.5. The molecule has 26 heavy (non-hydrogen) atoms. The van der Waals surface area contributed by atoms with E-state index in [2.05, 4.69) is 15.5 Å². The molecule has 0 atom stereocenters. The normalized spacial score (nSPS) is 10.6. The molecule has 1 aromatic heterocycles. The van der Waals surface area contributed by atoms with Crippen molar-refractivity contribution in [3.63, 3.8) is 0 Å². The predicted octanol–water partition coefficient (Wildman–Crippen LogP) is 4.51. The fourth-order valence-electron chi connectivity index (χ4n) is 2.19. The van der Waals surface area contributed by atoms with Crippen LogP contribution in [0.5, 0.6) is 0 Å². The second-order valence-electron chi connectivity index (χ2n) is 5.20. The number of carbonyl (C=O) groups is 1. The zero-order valence-corrected chi connectivity index (χ0v) is 14.7. The highest BCUT2D eigenvalue weighted by atomic mass is 35.5. The van der Waals surface area contributed by atoms with Gasteiger partial charge < -0.3 is 9.73 Å². The summed E-state index contributed by atoms with van der Waals surface area (Å²) in [6.45, 7) is 1.66. The molecule has 3 aromatic rings. The Bertz CT molecular complexity index is 1020. The molecule has 132 valence electrons. The third-order valence-corrected chi connectivity index (χ3v) is 3.99. The summed E-state index contributed by atoms with van der Waals surface area (Å²) in [7, 11) is 0. The Hall–Kier alpha value is -2.97. The molecule has 1 amide bonds. The van der Waals surface area contributed by atoms with Crippen molar-refractivity contribution in [2.75, 3.05) is 5.32 Å². The van der Waals surface area contributed by atoms with E-state index < -0.39 is 16.5 Å². The lowest BCUT2D eigenvalue weighted by atomic mass is 10.1. The van der Waals surface area contributed by atoms with Crippen LogP contribution in [0, 0.1) is 17.0 Å². The molecule has 0 aliphatic heterocycles. The average Bonchev–Trinajstić information content (AvgIpc) is 3.01. The highest BCUT2D eigenvalue weighted by molar-refractivity contribution is 6.38. The minimum absolute atomic E-state index is 0.00165. The second kappa shape index (κ2) is 7.11. The van der Waals surface area contributed by atoms with Crippen LogP contribution in [0.4, 0.5) is 11.4 Å². The van der Waals surface area contributed by atoms with E-state index in [4.69, 9.17) is 27.6 Å². The highest BCUT2D eigenvalue weighted by Gasteiger charge is 2.20. The van der Waals surface area contributed by atoms with Crippen molar-refractivity contribution in [3.8, 4) is 11.5 Å². The SMILES string of the molecule is Cc1nnc(-c2cccc(NC(=O)c3cc([N+](=O)[O-])c(Cl)cc3Cl)c2)o1. The number of benzene rings is 2. The first kappa shape index (κ1) is 17.8. The molecule has 0 saturated carbocycles. The van der Waals surface area contributed by atoms with Gasteiger partial charge >= 0.3 is 0 Å². The quantitative estimate of drug-likeness (QED) is 0.516. The van der Waals surface area contributed by atoms with Crippen LogP contribution in [-0.4, -0.2) is 21.0 Å². The van der Waals surface area contributed by atoms with E-state index in [9.17, 15) is 14.9 Å². The average molecular weight is 393 g/mol. The van der Waals surface area contributed by atoms with Crippen LogP contribution in [0.1, 0.15) is 16.2 Å². The van der Waals surface area contributed by atoms with Crippen LogP contribution in [0.2, 0.25) is 10.0 Å². The van der Waals surface area contributed by atoms with E-state index >= 15 is 0 Å². The van der Waals surface area contributed by atoms with E-state index in [1.54, 1.807) is 31.2 Å². The number of halogens is 2. The van der Waals surface area contributed by atoms with Crippen molar-refractivity contribution in [1.29, 1.82) is 0 Å². The van der Waals surface area contributed by atoms with Crippen molar-refractivity contribution in [1.82, 2.24) is 10.2 Å². The minimum atomic E-state index is -0.687. The van der Waals surface area contributed by atoms with E-state index in [1.165, 1.54) is 0 Å². The molecule has 0 bridgehead atoms. The molecular formula is C16H10Cl2N4O4. The van der Waals surface area contributed by atoms with Gasteiger partial charge in [0.25, 0.3) is 11.6 Å². The Labute approximate surface area is 156 Å². The van der Waals surface area contributed by atoms with Crippen molar-refractivity contribution in [2.24, 2.45) is 0 Å². The van der Waals surface area contributed by atoms with Gasteiger partial charge in [0.05, 0.1) is 15.5 Å². The number of aromatic nitrogens is 2. The number of amides is 1. The number of rotatable bonds is 4. The number of carbonyl (C=O) groups excluding carboxylic acids is 1. The zero-order chi connectivity index (χ0) is 18.8. The summed E-state index contributed by atoms with van der Waals surface area (Å²) >= 11 is 11.8. The third-order valence-electron chi connectivity index (χ3n) is 3.37. The van der Waals surface area contributed by atoms with E-state index in [0.717, 1.165) is 12.1 Å². The maximum absolute atomic E-state index is 12.5. The Morgan fingerprint density at radius 1 is 1.19 bits per heavy atom. The van der Waals surface area contributed by atoms with Crippen molar-refractivity contribution in [3.05, 3.63) is 68.0 Å². The molecule has 0 radical (unpaired) electrons. The number of hydrogen-bond donors (Lipinski definition) is 1. The lowest BCUT2D eigenvalue weighted by Gasteiger charge is -2.08. The number of nitrogens with one attached hydrogen (secondary N) is 1. The summed E-state index contributed by atoms with van der Waals surface area (Å²) < 4.78 is 5.34. The molecule has 0 unspecified atom stereocenters. The van der Waals surface area contributed by atoms with Gasteiger partial charge in [-0.2, -0.15) is 0 Å². The van der Waals surface area contributed by atoms with Gasteiger partial charge in [-0.3, -0.25) is 14.9 Å². The lowest BCUT2D eigenvalue weighted by molar-refractivity contribution is -0.384. The van der Waals surface area contributed by atoms with Gasteiger partial charge in [-0.1, -0.05) is 29.3 Å². The van der Waals surface area contributed by atoms with Gasteiger partial charge in [-0.25, -0.2) is 0 Å². The molecule has 0 fully saturated rings. The topological polar surface area (TPSA) is 111 Å². The molecule has 0 aliphatic rings. The van der Waals surface area contributed by atoms with Gasteiger partial charge in [-0.15, -0.1) is 10.2 Å². The van der Waals surface area contributed by atoms with Crippen LogP contribution in [-0.2, 0) is 0 Å². The Morgan fingerprint density at radius 2 is 1.96 bits per heavy atom. The molecule has 0 saturated heterocycles. The Balaban J connectivity index is 1.89. The standard InChI is InChI=1S/C16H10Cl2N4O4/c1-8-20-21-16(26-8)9-3-2-4-10(5-9)19-15(23)11-6-14(22(24)25)13(18)7-12(11)17/h2-7H,1H3,(H,19,23). The number of anilines is 1. The second-order valence-corrected chi connectivity index (χ2v) is 6.02. The van der Waals surface area contributed by atoms with Crippen molar-refractivity contribution < 1.29 is 14.1 Å². The minimum Gasteiger partial charge on any atom is -0.421 e. The molecule has 0 spiro atoms. The number of aryl methyl sites for hydroxylation is 1. The van der Waals surface area contributed by atoms with Crippen LogP contribution in [0.25, 0.3) is 11.5 Å². The van der Waals surface area contributed by atoms with Gasteiger partial charge in [0.1, 0.15) is 5.02 Å². The first-order chi connectivity index (χ1) is 12.3. The van der Waals surface area contributed by atoms with E-state index in [0.29, 0.717) is 23.0 Å². The number of nitro groups is 1. The Morgan fingerprint density at radius 3 is 2.62 bits per heavy atom. The highest BCUT2D eigenvalue weighted by Crippen LogP contribution is 2.31. The smallest absolute Gasteiger partial charge is 0.288 e. The third kappa shape index (κ3) is 3.66. The van der Waals surface area contributed by atoms with Crippen molar-refractivity contribution >= 4 is 40.5 Å². The summed E-state index contributed by atoms with van der Waals surface area (Å²) in [5.41, 5.74) is 0.562. The monoisotopic (exact) mass is 392 g/mol. The summed E-state index contributed by atoms with van der Waals surface area (Å²) in [5, 5.41) is 21.1. The van der Waals surface area contributed by atoms with E-state index in [1.807, 2.05) is 0 Å². The van der Waals surface area contributed by atoms with Gasteiger partial charge in [0.2, 0.25) is 11.8 Å². The molecule has 1 heterocycles. The first-order valence-corrected chi connectivity index (χ1v) is 7.96. The largest absolute Gasteiger partial charge is 0.421 e. The summed E-state index contributed by atoms with van der Waals surface area (Å²) in [4.78, 5) is 22.8.